The van der Waals surface area contributed by atoms with Crippen molar-refractivity contribution in [2.24, 2.45) is 10.9 Å². The van der Waals surface area contributed by atoms with Crippen molar-refractivity contribution in [1.29, 1.82) is 0 Å². The summed E-state index contributed by atoms with van der Waals surface area (Å²) in [6.07, 6.45) is 4.16. The molecule has 0 aromatic carbocycles. The zero-order valence-electron chi connectivity index (χ0n) is 11.4. The molecule has 0 aromatic rings. The van der Waals surface area contributed by atoms with Crippen LogP contribution in [0.2, 0.25) is 0 Å². The molecule has 1 rings (SSSR count). The van der Waals surface area contributed by atoms with Crippen molar-refractivity contribution in [3.05, 3.63) is 0 Å². The third-order valence-electron chi connectivity index (χ3n) is 3.45. The molecule has 0 aromatic heterocycles. The van der Waals surface area contributed by atoms with Crippen LogP contribution in [-0.2, 0) is 0 Å². The second-order valence-electron chi connectivity index (χ2n) is 4.95. The fraction of sp³-hybridized carbons (Fsp3) is 0.923. The topological polar surface area (TPSA) is 56.7 Å². The Morgan fingerprint density at radius 2 is 1.88 bits per heavy atom. The fourth-order valence-corrected chi connectivity index (χ4v) is 1.60. The van der Waals surface area contributed by atoms with Gasteiger partial charge in [-0.1, -0.05) is 13.8 Å². The summed E-state index contributed by atoms with van der Waals surface area (Å²) in [5.41, 5.74) is -0.651. The lowest BCUT2D eigenvalue weighted by Gasteiger charge is -2.23. The molecule has 0 amide bonds. The number of rotatable bonds is 7. The minimum atomic E-state index is -0.651. The summed E-state index contributed by atoms with van der Waals surface area (Å²) < 4.78 is 0. The predicted octanol–water partition coefficient (Wildman–Crippen LogP) is 1.50. The first-order valence-corrected chi connectivity index (χ1v) is 6.88. The Kier molecular flexibility index (Phi) is 5.75. The lowest BCUT2D eigenvalue weighted by molar-refractivity contribution is 0.0418. The Bertz CT molecular complexity index is 245. The highest BCUT2D eigenvalue weighted by Crippen LogP contribution is 2.27. The van der Waals surface area contributed by atoms with E-state index < -0.39 is 5.60 Å². The van der Waals surface area contributed by atoms with Crippen molar-refractivity contribution in [2.45, 2.75) is 52.1 Å². The van der Waals surface area contributed by atoms with Crippen molar-refractivity contribution in [3.63, 3.8) is 0 Å². The van der Waals surface area contributed by atoms with E-state index in [1.165, 1.54) is 12.8 Å². The second kappa shape index (κ2) is 6.84. The van der Waals surface area contributed by atoms with E-state index in [1.54, 1.807) is 0 Å². The molecule has 1 aliphatic carbocycles. The molecule has 0 spiro atoms. The maximum atomic E-state index is 10.2. The molecular formula is C13H27N3O. The summed E-state index contributed by atoms with van der Waals surface area (Å²) in [6, 6.07) is 0. The molecule has 0 unspecified atom stereocenters. The van der Waals surface area contributed by atoms with Crippen molar-refractivity contribution >= 4 is 5.96 Å². The van der Waals surface area contributed by atoms with E-state index in [-0.39, 0.29) is 0 Å². The van der Waals surface area contributed by atoms with Gasteiger partial charge in [-0.2, -0.15) is 0 Å². The molecular weight excluding hydrogens is 214 g/mol. The van der Waals surface area contributed by atoms with E-state index in [0.29, 0.717) is 6.54 Å². The third kappa shape index (κ3) is 5.39. The first-order valence-electron chi connectivity index (χ1n) is 6.88. The van der Waals surface area contributed by atoms with Crippen molar-refractivity contribution in [1.82, 2.24) is 10.6 Å². The quantitative estimate of drug-likeness (QED) is 0.468. The van der Waals surface area contributed by atoms with Crippen molar-refractivity contribution < 1.29 is 5.11 Å². The van der Waals surface area contributed by atoms with Crippen molar-refractivity contribution in [3.8, 4) is 0 Å². The largest absolute Gasteiger partial charge is 0.388 e. The molecule has 0 saturated heterocycles. The average molecular weight is 241 g/mol. The number of aliphatic imine (C=N–C) groups is 1. The van der Waals surface area contributed by atoms with Gasteiger partial charge in [0.15, 0.2) is 5.96 Å². The van der Waals surface area contributed by atoms with Crippen molar-refractivity contribution in [2.75, 3.05) is 19.6 Å². The monoisotopic (exact) mass is 241 g/mol. The number of aliphatic hydroxyl groups is 1. The van der Waals surface area contributed by atoms with Crippen LogP contribution >= 0.6 is 0 Å². The summed E-state index contributed by atoms with van der Waals surface area (Å²) >= 11 is 0. The SMILES string of the molecule is CCNC(=NCC(O)(CC)CC)NCC1CC1. The summed E-state index contributed by atoms with van der Waals surface area (Å²) in [7, 11) is 0. The van der Waals surface area contributed by atoms with E-state index in [1.807, 2.05) is 13.8 Å². The summed E-state index contributed by atoms with van der Waals surface area (Å²) in [6.45, 7) is 8.39. The van der Waals surface area contributed by atoms with Crippen LogP contribution in [-0.4, -0.2) is 36.3 Å². The molecule has 1 saturated carbocycles. The van der Waals surface area contributed by atoms with Gasteiger partial charge < -0.3 is 15.7 Å². The highest BCUT2D eigenvalue weighted by atomic mass is 16.3. The maximum Gasteiger partial charge on any atom is 0.191 e. The first-order chi connectivity index (χ1) is 8.13. The lowest BCUT2D eigenvalue weighted by atomic mass is 9.98. The molecule has 0 atom stereocenters. The molecule has 1 fully saturated rings. The number of hydrogen-bond acceptors (Lipinski definition) is 2. The van der Waals surface area contributed by atoms with Gasteiger partial charge in [-0.3, -0.25) is 4.99 Å². The normalized spacial score (nSPS) is 17.1. The third-order valence-corrected chi connectivity index (χ3v) is 3.45. The van der Waals surface area contributed by atoms with Crippen LogP contribution in [0.5, 0.6) is 0 Å². The number of hydrogen-bond donors (Lipinski definition) is 3. The Morgan fingerprint density at radius 1 is 1.24 bits per heavy atom. The molecule has 4 nitrogen and oxygen atoms in total. The van der Waals surface area contributed by atoms with Crippen LogP contribution in [0.15, 0.2) is 4.99 Å². The Hall–Kier alpha value is -0.770. The molecule has 0 radical (unpaired) electrons. The van der Waals surface area contributed by atoms with Crippen LogP contribution in [0, 0.1) is 5.92 Å². The van der Waals surface area contributed by atoms with Crippen LogP contribution < -0.4 is 10.6 Å². The van der Waals surface area contributed by atoms with Gasteiger partial charge in [-0.25, -0.2) is 0 Å². The van der Waals surface area contributed by atoms with Crippen LogP contribution in [0.25, 0.3) is 0 Å². The van der Waals surface area contributed by atoms with Crippen LogP contribution in [0.3, 0.4) is 0 Å². The van der Waals surface area contributed by atoms with Crippen LogP contribution in [0.4, 0.5) is 0 Å². The van der Waals surface area contributed by atoms with E-state index in [4.69, 9.17) is 0 Å². The average Bonchev–Trinajstić information content (AvgIpc) is 3.16. The molecule has 0 heterocycles. The van der Waals surface area contributed by atoms with Gasteiger partial charge in [-0.05, 0) is 38.5 Å². The van der Waals surface area contributed by atoms with Gasteiger partial charge >= 0.3 is 0 Å². The van der Waals surface area contributed by atoms with E-state index in [9.17, 15) is 5.11 Å². The summed E-state index contributed by atoms with van der Waals surface area (Å²) in [5.74, 6) is 1.66. The van der Waals surface area contributed by atoms with Crippen LogP contribution in [0.1, 0.15) is 46.5 Å². The van der Waals surface area contributed by atoms with Gasteiger partial charge in [0, 0.05) is 13.1 Å². The zero-order chi connectivity index (χ0) is 12.7. The van der Waals surface area contributed by atoms with E-state index in [0.717, 1.165) is 37.8 Å². The maximum absolute atomic E-state index is 10.2. The Morgan fingerprint density at radius 3 is 2.35 bits per heavy atom. The summed E-state index contributed by atoms with van der Waals surface area (Å²) in [5, 5.41) is 16.7. The van der Waals surface area contributed by atoms with Gasteiger partial charge in [0.05, 0.1) is 12.1 Å². The molecule has 1 aliphatic rings. The molecule has 0 aliphatic heterocycles. The number of guanidine groups is 1. The van der Waals surface area contributed by atoms with E-state index >= 15 is 0 Å². The number of nitrogens with one attached hydrogen (secondary N) is 2. The highest BCUT2D eigenvalue weighted by molar-refractivity contribution is 5.79. The summed E-state index contributed by atoms with van der Waals surface area (Å²) in [4.78, 5) is 4.47. The standard InChI is InChI=1S/C13H27N3O/c1-4-13(17,5-2)10-16-12(14-6-3)15-9-11-7-8-11/h11,17H,4-10H2,1-3H3,(H2,14,15,16). The zero-order valence-corrected chi connectivity index (χ0v) is 11.4. The molecule has 100 valence electrons. The highest BCUT2D eigenvalue weighted by Gasteiger charge is 2.23. The van der Waals surface area contributed by atoms with E-state index in [2.05, 4.69) is 22.5 Å². The van der Waals surface area contributed by atoms with Gasteiger partial charge in [0.2, 0.25) is 0 Å². The minimum Gasteiger partial charge on any atom is -0.388 e. The predicted molar refractivity (Wildman–Crippen MR) is 72.2 cm³/mol. The molecule has 4 heteroatoms. The smallest absolute Gasteiger partial charge is 0.191 e. The first kappa shape index (κ1) is 14.3. The second-order valence-corrected chi connectivity index (χ2v) is 4.95. The Balaban J connectivity index is 2.42. The lowest BCUT2D eigenvalue weighted by Crippen LogP contribution is -2.40. The fourth-order valence-electron chi connectivity index (χ4n) is 1.60. The number of nitrogens with zero attached hydrogens (tertiary/aromatic N) is 1. The Labute approximate surface area is 105 Å². The molecule has 17 heavy (non-hydrogen) atoms. The van der Waals surface area contributed by atoms with Gasteiger partial charge in [-0.15, -0.1) is 0 Å². The minimum absolute atomic E-state index is 0.472. The molecule has 0 bridgehead atoms. The molecule has 3 N–H and O–H groups in total. The van der Waals surface area contributed by atoms with Gasteiger partial charge in [0.25, 0.3) is 0 Å². The van der Waals surface area contributed by atoms with Gasteiger partial charge in [0.1, 0.15) is 0 Å².